The molecule has 0 fully saturated rings. The summed E-state index contributed by atoms with van der Waals surface area (Å²) in [6, 6.07) is 96.1. The first kappa shape index (κ1) is 38.5. The van der Waals surface area contributed by atoms with Crippen LogP contribution in [0.4, 0.5) is 34.1 Å². The molecule has 0 unspecified atom stereocenters. The molecule has 0 radical (unpaired) electrons. The highest BCUT2D eigenvalue weighted by Gasteiger charge is 2.14. The van der Waals surface area contributed by atoms with E-state index in [2.05, 4.69) is 277 Å². The Balaban J connectivity index is 0.796. The first-order valence-electron chi connectivity index (χ1n) is 21.9. The maximum Gasteiger partial charge on any atom is 0.0462 e. The molecule has 0 bridgehead atoms. The number of nitrogens with zero attached hydrogens (tertiary/aromatic N) is 2. The smallest absolute Gasteiger partial charge is 0.0462 e. The third-order valence-corrected chi connectivity index (χ3v) is 12.2. The summed E-state index contributed by atoms with van der Waals surface area (Å²) in [7, 11) is 0. The number of fused-ring (bicyclic) bond motifs is 2. The Morgan fingerprint density at radius 1 is 0.156 bits per heavy atom. The first-order valence-corrected chi connectivity index (χ1v) is 21.9. The maximum atomic E-state index is 2.32. The molecule has 0 saturated heterocycles. The predicted molar refractivity (Wildman–Crippen MR) is 273 cm³/mol. The minimum atomic E-state index is 1.13. The van der Waals surface area contributed by atoms with E-state index in [0.717, 1.165) is 34.1 Å². The van der Waals surface area contributed by atoms with Crippen LogP contribution in [0.2, 0.25) is 0 Å². The van der Waals surface area contributed by atoms with E-state index in [9.17, 15) is 0 Å². The normalized spacial score (nSPS) is 11.1. The second kappa shape index (κ2) is 17.1. The van der Waals surface area contributed by atoms with E-state index in [1.807, 2.05) is 0 Å². The van der Waals surface area contributed by atoms with E-state index in [0.29, 0.717) is 0 Å². The molecule has 0 saturated carbocycles. The molecule has 0 heterocycles. The largest absolute Gasteiger partial charge is 0.311 e. The van der Waals surface area contributed by atoms with E-state index in [1.54, 1.807) is 0 Å². The van der Waals surface area contributed by atoms with E-state index in [-0.39, 0.29) is 0 Å². The molecule has 11 rings (SSSR count). The molecule has 0 aliphatic heterocycles. The van der Waals surface area contributed by atoms with Crippen LogP contribution in [0.5, 0.6) is 0 Å². The monoisotopic (exact) mass is 816 g/mol. The zero-order valence-corrected chi connectivity index (χ0v) is 35.3. The van der Waals surface area contributed by atoms with Gasteiger partial charge in [0.1, 0.15) is 0 Å². The highest BCUT2D eigenvalue weighted by atomic mass is 15.1. The Morgan fingerprint density at radius 3 is 0.656 bits per heavy atom. The van der Waals surface area contributed by atoms with Crippen LogP contribution in [-0.4, -0.2) is 0 Å². The van der Waals surface area contributed by atoms with Gasteiger partial charge in [0.05, 0.1) is 0 Å². The summed E-state index contributed by atoms with van der Waals surface area (Å²) in [6.45, 7) is 0. The molecule has 0 aliphatic carbocycles. The Hall–Kier alpha value is -8.46. The van der Waals surface area contributed by atoms with Crippen LogP contribution in [0.25, 0.3) is 66.1 Å². The zero-order valence-electron chi connectivity index (χ0n) is 35.3. The lowest BCUT2D eigenvalue weighted by molar-refractivity contribution is 1.28. The van der Waals surface area contributed by atoms with Crippen molar-refractivity contribution < 1.29 is 0 Å². The molecule has 0 N–H and O–H groups in total. The first-order chi connectivity index (χ1) is 31.7. The molecular formula is C62H44N2. The number of benzene rings is 11. The molecule has 2 heteroatoms. The van der Waals surface area contributed by atoms with Gasteiger partial charge in [0, 0.05) is 34.1 Å². The molecule has 0 atom stereocenters. The van der Waals surface area contributed by atoms with Gasteiger partial charge < -0.3 is 9.80 Å². The van der Waals surface area contributed by atoms with Crippen molar-refractivity contribution >= 4 is 55.7 Å². The summed E-state index contributed by atoms with van der Waals surface area (Å²) in [5.41, 5.74) is 16.4. The van der Waals surface area contributed by atoms with Gasteiger partial charge in [-0.25, -0.2) is 0 Å². The number of para-hydroxylation sites is 4. The molecule has 0 aromatic heterocycles. The summed E-state index contributed by atoms with van der Waals surface area (Å²) in [4.78, 5) is 4.59. The molecule has 302 valence electrons. The molecule has 0 aliphatic rings. The number of rotatable bonds is 10. The van der Waals surface area contributed by atoms with E-state index in [1.165, 1.54) is 66.1 Å². The third kappa shape index (κ3) is 7.81. The molecule has 11 aromatic carbocycles. The van der Waals surface area contributed by atoms with Gasteiger partial charge >= 0.3 is 0 Å². The lowest BCUT2D eigenvalue weighted by Gasteiger charge is -2.25. The Labute approximate surface area is 375 Å². The second-order valence-electron chi connectivity index (χ2n) is 16.2. The molecule has 11 aromatic rings. The van der Waals surface area contributed by atoms with Gasteiger partial charge in [0.2, 0.25) is 0 Å². The minimum absolute atomic E-state index is 1.13. The number of hydrogen-bond acceptors (Lipinski definition) is 2. The van der Waals surface area contributed by atoms with E-state index >= 15 is 0 Å². The van der Waals surface area contributed by atoms with Crippen molar-refractivity contribution in [2.75, 3.05) is 9.80 Å². The summed E-state index contributed by atoms with van der Waals surface area (Å²) < 4.78 is 0. The summed E-state index contributed by atoms with van der Waals surface area (Å²) >= 11 is 0. The SMILES string of the molecule is c1ccc(N(c2ccccc2)c2ccc(-c3ccc(-c4ccc5cc6cc(-c7ccc(-c8ccc(N(c9ccccc9)c9ccccc9)cc8)cc7)ccc6cc5c4)cc3)cc2)cc1. The standard InChI is InChI=1S/C62H44N2/c1-5-13-57(14-6-1)63(58-15-7-2-8-16-58)61-37-33-47(34-38-61)45-21-25-49(26-22-45)51-29-31-53-44-56-42-52(30-32-54(56)43-55(53)41-51)50-27-23-46(24-28-50)48-35-39-62(40-36-48)64(59-17-9-3-10-18-59)60-19-11-4-12-20-60/h1-44H. The third-order valence-electron chi connectivity index (χ3n) is 12.2. The van der Waals surface area contributed by atoms with Crippen LogP contribution in [0, 0.1) is 0 Å². The molecule has 64 heavy (non-hydrogen) atoms. The Bertz CT molecular complexity index is 3000. The molecular weight excluding hydrogens is 773 g/mol. The Morgan fingerprint density at radius 2 is 0.375 bits per heavy atom. The number of hydrogen-bond donors (Lipinski definition) is 0. The average molecular weight is 817 g/mol. The summed E-state index contributed by atoms with van der Waals surface area (Å²) in [6.07, 6.45) is 0. The predicted octanol–water partition coefficient (Wildman–Crippen LogP) is 17.6. The highest BCUT2D eigenvalue weighted by molar-refractivity contribution is 6.01. The fourth-order valence-electron chi connectivity index (χ4n) is 8.88. The van der Waals surface area contributed by atoms with Crippen molar-refractivity contribution in [1.82, 2.24) is 0 Å². The Kier molecular flexibility index (Phi) is 10.3. The van der Waals surface area contributed by atoms with Gasteiger partial charge in [-0.1, -0.05) is 170 Å². The van der Waals surface area contributed by atoms with Crippen molar-refractivity contribution in [3.8, 4) is 44.5 Å². The van der Waals surface area contributed by atoms with E-state index in [4.69, 9.17) is 0 Å². The lowest BCUT2D eigenvalue weighted by atomic mass is 9.95. The highest BCUT2D eigenvalue weighted by Crippen LogP contribution is 2.38. The van der Waals surface area contributed by atoms with Crippen LogP contribution in [0.15, 0.2) is 267 Å². The van der Waals surface area contributed by atoms with Gasteiger partial charge in [0.15, 0.2) is 0 Å². The van der Waals surface area contributed by atoms with Crippen molar-refractivity contribution in [2.45, 2.75) is 0 Å². The maximum absolute atomic E-state index is 2.32. The zero-order chi connectivity index (χ0) is 42.7. The summed E-state index contributed by atoms with van der Waals surface area (Å²) in [5, 5.41) is 4.96. The van der Waals surface area contributed by atoms with Gasteiger partial charge in [0.25, 0.3) is 0 Å². The van der Waals surface area contributed by atoms with Crippen LogP contribution >= 0.6 is 0 Å². The van der Waals surface area contributed by atoms with E-state index < -0.39 is 0 Å². The fraction of sp³-hybridized carbons (Fsp3) is 0. The second-order valence-corrected chi connectivity index (χ2v) is 16.2. The fourth-order valence-corrected chi connectivity index (χ4v) is 8.88. The van der Waals surface area contributed by atoms with Crippen LogP contribution < -0.4 is 9.80 Å². The van der Waals surface area contributed by atoms with Crippen LogP contribution in [0.3, 0.4) is 0 Å². The molecule has 0 spiro atoms. The molecule has 2 nitrogen and oxygen atoms in total. The van der Waals surface area contributed by atoms with Gasteiger partial charge in [-0.05, 0) is 163 Å². The van der Waals surface area contributed by atoms with Crippen LogP contribution in [-0.2, 0) is 0 Å². The van der Waals surface area contributed by atoms with Crippen molar-refractivity contribution in [1.29, 1.82) is 0 Å². The van der Waals surface area contributed by atoms with Crippen LogP contribution in [0.1, 0.15) is 0 Å². The molecule has 0 amide bonds. The topological polar surface area (TPSA) is 6.48 Å². The van der Waals surface area contributed by atoms with Crippen molar-refractivity contribution in [3.05, 3.63) is 267 Å². The van der Waals surface area contributed by atoms with Gasteiger partial charge in [-0.15, -0.1) is 0 Å². The quantitative estimate of drug-likeness (QED) is 0.127. The van der Waals surface area contributed by atoms with Crippen molar-refractivity contribution in [2.24, 2.45) is 0 Å². The van der Waals surface area contributed by atoms with Gasteiger partial charge in [-0.2, -0.15) is 0 Å². The summed E-state index contributed by atoms with van der Waals surface area (Å²) in [5.74, 6) is 0. The van der Waals surface area contributed by atoms with Crippen molar-refractivity contribution in [3.63, 3.8) is 0 Å². The number of anilines is 6. The average Bonchev–Trinajstić information content (AvgIpc) is 3.37. The minimum Gasteiger partial charge on any atom is -0.311 e. The lowest BCUT2D eigenvalue weighted by Crippen LogP contribution is -2.09. The van der Waals surface area contributed by atoms with Gasteiger partial charge in [-0.3, -0.25) is 0 Å².